The number of hydrogen-bond donors (Lipinski definition) is 3. The second-order valence-corrected chi connectivity index (χ2v) is 30.6. The third-order valence-corrected chi connectivity index (χ3v) is 19.7. The number of hydrogen-bond acceptors (Lipinski definition) is 15. The fraction of sp³-hybridized carbons (Fsp3) is 0.852. The zero-order valence-electron chi connectivity index (χ0n) is 64.1. The highest BCUT2D eigenvalue weighted by molar-refractivity contribution is 7.47. The lowest BCUT2D eigenvalue weighted by atomic mass is 10.0. The topological polar surface area (TPSA) is 237 Å². The summed E-state index contributed by atoms with van der Waals surface area (Å²) in [6, 6.07) is 0. The molecule has 0 aromatic heterocycles. The van der Waals surface area contributed by atoms with Crippen molar-refractivity contribution in [3.05, 3.63) is 48.6 Å². The van der Waals surface area contributed by atoms with Gasteiger partial charge in [0.2, 0.25) is 0 Å². The quantitative estimate of drug-likeness (QED) is 0.0169. The maximum absolute atomic E-state index is 13.1. The minimum absolute atomic E-state index is 0.0256. The first-order chi connectivity index (χ1) is 48.7. The highest BCUT2D eigenvalue weighted by atomic mass is 31.2. The van der Waals surface area contributed by atoms with Crippen LogP contribution in [0.2, 0.25) is 0 Å². The third kappa shape index (κ3) is 73.3. The molecule has 0 aromatic carbocycles. The van der Waals surface area contributed by atoms with Crippen molar-refractivity contribution in [3.8, 4) is 0 Å². The number of esters is 4. The molecule has 0 aromatic rings. The van der Waals surface area contributed by atoms with Crippen molar-refractivity contribution in [1.82, 2.24) is 0 Å². The lowest BCUT2D eigenvalue weighted by molar-refractivity contribution is -0.161. The van der Waals surface area contributed by atoms with Crippen LogP contribution in [0.4, 0.5) is 0 Å². The molecule has 3 N–H and O–H groups in total. The zero-order chi connectivity index (χ0) is 73.2. The Morgan fingerprint density at radius 2 is 0.500 bits per heavy atom. The fourth-order valence-corrected chi connectivity index (χ4v) is 13.1. The molecule has 5 atom stereocenters. The Balaban J connectivity index is 5.33. The van der Waals surface area contributed by atoms with E-state index in [2.05, 4.69) is 64.2 Å². The predicted octanol–water partition coefficient (Wildman–Crippen LogP) is 23.7. The number of carbonyl (C=O) groups is 4. The summed E-state index contributed by atoms with van der Waals surface area (Å²) in [6.07, 6.45) is 72.3. The number of allylic oxidation sites excluding steroid dienone is 8. The van der Waals surface area contributed by atoms with Gasteiger partial charge < -0.3 is 33.8 Å². The highest BCUT2D eigenvalue weighted by Gasteiger charge is 2.30. The summed E-state index contributed by atoms with van der Waals surface area (Å²) in [5.74, 6) is -2.19. The lowest BCUT2D eigenvalue weighted by Gasteiger charge is -2.21. The molecule has 19 heteroatoms. The molecule has 0 saturated heterocycles. The van der Waals surface area contributed by atoms with Crippen LogP contribution < -0.4 is 0 Å². The molecule has 100 heavy (non-hydrogen) atoms. The number of aliphatic hydroxyl groups is 1. The van der Waals surface area contributed by atoms with Crippen molar-refractivity contribution in [2.45, 2.75) is 406 Å². The van der Waals surface area contributed by atoms with Gasteiger partial charge in [0, 0.05) is 25.7 Å². The standard InChI is InChI=1S/C81H150O17P2/c1-5-9-13-17-21-25-29-33-35-37-39-43-46-50-54-58-62-66-79(84)92-72-76(97-80(85)67-63-59-55-51-47-42-32-28-24-20-16-12-8-4)73-95-99(87,88)93-69-75(82)70-94-100(89,90)96-74-77(71-91-78(83)65-61-57-53-49-45-41-31-27-23-19-15-11-7-3)98-81(86)68-64-60-56-52-48-44-40-38-36-34-30-26-22-18-14-10-6-2/h22,26,34,36,40,44,52,56,75-77,82H,5-21,23-25,27-33,35,37-39,41-43,45-51,53-55,57-74H2,1-4H3,(H,87,88)(H,89,90)/b26-22-,36-34-,44-40-,56-52-/t75-,76-,77-/m1/s1. The Morgan fingerprint density at radius 3 is 0.790 bits per heavy atom. The molecular formula is C81H150O17P2. The summed E-state index contributed by atoms with van der Waals surface area (Å²) in [5.41, 5.74) is 0. The first kappa shape index (κ1) is 97.0. The second kappa shape index (κ2) is 74.3. The summed E-state index contributed by atoms with van der Waals surface area (Å²) < 4.78 is 68.6. The molecule has 586 valence electrons. The van der Waals surface area contributed by atoms with Crippen LogP contribution in [-0.4, -0.2) is 96.7 Å². The molecule has 0 aliphatic heterocycles. The van der Waals surface area contributed by atoms with Crippen LogP contribution in [-0.2, 0) is 65.4 Å². The third-order valence-electron chi connectivity index (χ3n) is 17.8. The second-order valence-electron chi connectivity index (χ2n) is 27.7. The Kier molecular flexibility index (Phi) is 72.1. The summed E-state index contributed by atoms with van der Waals surface area (Å²) in [5, 5.41) is 10.6. The minimum atomic E-state index is -4.98. The molecule has 0 radical (unpaired) electrons. The van der Waals surface area contributed by atoms with Crippen molar-refractivity contribution in [2.24, 2.45) is 0 Å². The van der Waals surface area contributed by atoms with E-state index < -0.39 is 97.5 Å². The number of rotatable bonds is 78. The monoisotopic (exact) mass is 1460 g/mol. The molecule has 0 amide bonds. The number of phosphoric acid groups is 2. The minimum Gasteiger partial charge on any atom is -0.462 e. The van der Waals surface area contributed by atoms with E-state index in [-0.39, 0.29) is 25.7 Å². The van der Waals surface area contributed by atoms with Gasteiger partial charge in [-0.1, -0.05) is 346 Å². The van der Waals surface area contributed by atoms with Crippen molar-refractivity contribution in [2.75, 3.05) is 39.6 Å². The van der Waals surface area contributed by atoms with Crippen molar-refractivity contribution < 1.29 is 80.2 Å². The van der Waals surface area contributed by atoms with Gasteiger partial charge in [0.05, 0.1) is 26.4 Å². The highest BCUT2D eigenvalue weighted by Crippen LogP contribution is 2.45. The lowest BCUT2D eigenvalue weighted by Crippen LogP contribution is -2.30. The summed E-state index contributed by atoms with van der Waals surface area (Å²) in [6.45, 7) is 4.88. The first-order valence-electron chi connectivity index (χ1n) is 40.9. The van der Waals surface area contributed by atoms with E-state index in [0.717, 1.165) is 89.9 Å². The van der Waals surface area contributed by atoms with Gasteiger partial charge in [-0.3, -0.25) is 37.3 Å². The van der Waals surface area contributed by atoms with Gasteiger partial charge >= 0.3 is 39.5 Å². The van der Waals surface area contributed by atoms with Gasteiger partial charge in [-0.25, -0.2) is 9.13 Å². The van der Waals surface area contributed by atoms with Crippen LogP contribution in [0.25, 0.3) is 0 Å². The predicted molar refractivity (Wildman–Crippen MR) is 409 cm³/mol. The van der Waals surface area contributed by atoms with Crippen LogP contribution in [0.5, 0.6) is 0 Å². The fourth-order valence-electron chi connectivity index (χ4n) is 11.6. The number of ether oxygens (including phenoxy) is 4. The Morgan fingerprint density at radius 1 is 0.280 bits per heavy atom. The maximum atomic E-state index is 13.1. The molecule has 0 fully saturated rings. The molecule has 0 aliphatic rings. The van der Waals surface area contributed by atoms with E-state index in [0.29, 0.717) is 32.1 Å². The van der Waals surface area contributed by atoms with Gasteiger partial charge in [-0.2, -0.15) is 0 Å². The summed E-state index contributed by atoms with van der Waals surface area (Å²) >= 11 is 0. The van der Waals surface area contributed by atoms with E-state index in [1.54, 1.807) is 0 Å². The molecule has 0 spiro atoms. The molecule has 2 unspecified atom stereocenters. The van der Waals surface area contributed by atoms with E-state index in [9.17, 15) is 43.2 Å². The van der Waals surface area contributed by atoms with Crippen LogP contribution in [0.1, 0.15) is 387 Å². The normalized spacial score (nSPS) is 14.1. The van der Waals surface area contributed by atoms with Crippen LogP contribution in [0, 0.1) is 0 Å². The molecule has 0 heterocycles. The first-order valence-corrected chi connectivity index (χ1v) is 43.9. The van der Waals surface area contributed by atoms with Crippen LogP contribution >= 0.6 is 15.6 Å². The van der Waals surface area contributed by atoms with E-state index >= 15 is 0 Å². The van der Waals surface area contributed by atoms with Crippen LogP contribution in [0.15, 0.2) is 48.6 Å². The van der Waals surface area contributed by atoms with E-state index in [4.69, 9.17) is 37.0 Å². The van der Waals surface area contributed by atoms with E-state index in [1.165, 1.54) is 212 Å². The van der Waals surface area contributed by atoms with Crippen molar-refractivity contribution in [3.63, 3.8) is 0 Å². The molecule has 0 bridgehead atoms. The Hall–Kier alpha value is -2.98. The molecular weight excluding hydrogens is 1310 g/mol. The SMILES string of the molecule is CCCCC/C=C\C/C=C\C/C=C\C/C=C\CCCC(=O)O[C@H](COC(=O)CCCCCCCCCCCCCCC)COP(=O)(O)OC[C@H](O)COP(=O)(O)OC[C@@H](COC(=O)CCCCCCCCCCCCCCCCCCC)OC(=O)CCCCCCCCCCCCCCC. The van der Waals surface area contributed by atoms with Gasteiger partial charge in [0.25, 0.3) is 0 Å². The average Bonchev–Trinajstić information content (AvgIpc) is 0.949. The molecule has 0 rings (SSSR count). The maximum Gasteiger partial charge on any atom is 0.472 e. The van der Waals surface area contributed by atoms with Gasteiger partial charge in [-0.05, 0) is 64.2 Å². The molecule has 0 aliphatic carbocycles. The summed E-state index contributed by atoms with van der Waals surface area (Å²) in [7, 11) is -9.95. The van der Waals surface area contributed by atoms with E-state index in [1.807, 2.05) is 12.2 Å². The number of phosphoric ester groups is 2. The van der Waals surface area contributed by atoms with Gasteiger partial charge in [0.15, 0.2) is 12.2 Å². The largest absolute Gasteiger partial charge is 0.472 e. The number of carbonyl (C=O) groups excluding carboxylic acids is 4. The average molecular weight is 1460 g/mol. The number of unbranched alkanes of at least 4 members (excludes halogenated alkanes) is 44. The molecule has 0 saturated carbocycles. The smallest absolute Gasteiger partial charge is 0.462 e. The Labute approximate surface area is 610 Å². The zero-order valence-corrected chi connectivity index (χ0v) is 65.9. The summed E-state index contributed by atoms with van der Waals surface area (Å²) in [4.78, 5) is 73.0. The number of aliphatic hydroxyl groups excluding tert-OH is 1. The Bertz CT molecular complexity index is 2080. The van der Waals surface area contributed by atoms with Crippen LogP contribution in [0.3, 0.4) is 0 Å². The molecule has 17 nitrogen and oxygen atoms in total. The van der Waals surface area contributed by atoms with Gasteiger partial charge in [0.1, 0.15) is 19.3 Å². The van der Waals surface area contributed by atoms with Crippen molar-refractivity contribution in [1.29, 1.82) is 0 Å². The van der Waals surface area contributed by atoms with Gasteiger partial charge in [-0.15, -0.1) is 0 Å². The van der Waals surface area contributed by atoms with Crippen molar-refractivity contribution >= 4 is 39.5 Å².